The molecule has 1 aliphatic rings. The number of carbonyl (C=O) groups is 1. The SMILES string of the molecule is COC(=O)Cc1cc(C2CCN(S(=O)(=O)c3cc(Cl)cc(Cl)c3)CC2)c2cc(F)ccc2c1. The summed E-state index contributed by atoms with van der Waals surface area (Å²) in [7, 11) is -2.41. The van der Waals surface area contributed by atoms with Crippen molar-refractivity contribution in [3.05, 3.63) is 75.5 Å². The highest BCUT2D eigenvalue weighted by Gasteiger charge is 2.31. The lowest BCUT2D eigenvalue weighted by Gasteiger charge is -2.32. The van der Waals surface area contributed by atoms with Crippen molar-refractivity contribution in [1.29, 1.82) is 0 Å². The molecule has 1 saturated heterocycles. The molecule has 3 aromatic rings. The molecule has 3 aromatic carbocycles. The quantitative estimate of drug-likeness (QED) is 0.421. The molecule has 0 radical (unpaired) electrons. The zero-order chi connectivity index (χ0) is 23.8. The fourth-order valence-electron chi connectivity index (χ4n) is 4.34. The number of esters is 1. The molecule has 4 rings (SSSR count). The summed E-state index contributed by atoms with van der Waals surface area (Å²) in [6.45, 7) is 0.602. The molecule has 0 saturated carbocycles. The van der Waals surface area contributed by atoms with Gasteiger partial charge in [-0.15, -0.1) is 0 Å². The average Bonchev–Trinajstić information content (AvgIpc) is 2.78. The van der Waals surface area contributed by atoms with Crippen LogP contribution in [-0.4, -0.2) is 38.9 Å². The molecule has 0 N–H and O–H groups in total. The number of methoxy groups -OCH3 is 1. The lowest BCUT2D eigenvalue weighted by Crippen LogP contribution is -2.38. The van der Waals surface area contributed by atoms with E-state index >= 15 is 0 Å². The maximum Gasteiger partial charge on any atom is 0.309 e. The van der Waals surface area contributed by atoms with E-state index in [4.69, 9.17) is 27.9 Å². The van der Waals surface area contributed by atoms with Gasteiger partial charge < -0.3 is 4.74 Å². The number of ether oxygens (including phenoxy) is 1. The number of rotatable bonds is 5. The molecule has 174 valence electrons. The minimum atomic E-state index is -3.75. The first-order valence-electron chi connectivity index (χ1n) is 10.4. The molecule has 0 amide bonds. The lowest BCUT2D eigenvalue weighted by atomic mass is 9.85. The Morgan fingerprint density at radius 2 is 1.73 bits per heavy atom. The largest absolute Gasteiger partial charge is 0.469 e. The molecule has 1 fully saturated rings. The highest BCUT2D eigenvalue weighted by atomic mass is 35.5. The van der Waals surface area contributed by atoms with E-state index in [9.17, 15) is 17.6 Å². The molecule has 5 nitrogen and oxygen atoms in total. The summed E-state index contributed by atoms with van der Waals surface area (Å²) in [6.07, 6.45) is 1.22. The van der Waals surface area contributed by atoms with E-state index in [1.54, 1.807) is 6.07 Å². The van der Waals surface area contributed by atoms with Gasteiger partial charge in [0.1, 0.15) is 5.82 Å². The van der Waals surface area contributed by atoms with Crippen molar-refractivity contribution in [2.24, 2.45) is 0 Å². The van der Waals surface area contributed by atoms with Crippen molar-refractivity contribution in [2.75, 3.05) is 20.2 Å². The number of piperidine rings is 1. The van der Waals surface area contributed by atoms with Gasteiger partial charge in [-0.05, 0) is 71.0 Å². The number of hydrogen-bond donors (Lipinski definition) is 0. The van der Waals surface area contributed by atoms with Crippen molar-refractivity contribution in [1.82, 2.24) is 4.31 Å². The third-order valence-corrected chi connectivity index (χ3v) is 8.26. The fourth-order valence-corrected chi connectivity index (χ4v) is 6.53. The fraction of sp³-hybridized carbons (Fsp3) is 0.292. The Hall–Kier alpha value is -2.19. The number of carbonyl (C=O) groups excluding carboxylic acids is 1. The first-order valence-corrected chi connectivity index (χ1v) is 12.6. The predicted molar refractivity (Wildman–Crippen MR) is 127 cm³/mol. The van der Waals surface area contributed by atoms with Gasteiger partial charge in [0.05, 0.1) is 18.4 Å². The van der Waals surface area contributed by atoms with Crippen LogP contribution in [0.3, 0.4) is 0 Å². The van der Waals surface area contributed by atoms with Gasteiger partial charge in [-0.1, -0.05) is 41.4 Å². The summed E-state index contributed by atoms with van der Waals surface area (Å²) >= 11 is 12.0. The van der Waals surface area contributed by atoms with Gasteiger partial charge in [-0.3, -0.25) is 4.79 Å². The summed E-state index contributed by atoms with van der Waals surface area (Å²) in [4.78, 5) is 11.9. The van der Waals surface area contributed by atoms with Gasteiger partial charge in [0.25, 0.3) is 0 Å². The van der Waals surface area contributed by atoms with Gasteiger partial charge in [0, 0.05) is 23.1 Å². The minimum absolute atomic E-state index is 0.0151. The number of fused-ring (bicyclic) bond motifs is 1. The third-order valence-electron chi connectivity index (χ3n) is 5.95. The van der Waals surface area contributed by atoms with E-state index < -0.39 is 10.0 Å². The Kier molecular flexibility index (Phi) is 6.96. The second-order valence-corrected chi connectivity index (χ2v) is 10.9. The van der Waals surface area contributed by atoms with Gasteiger partial charge in [0.15, 0.2) is 0 Å². The van der Waals surface area contributed by atoms with Crippen molar-refractivity contribution in [3.63, 3.8) is 0 Å². The highest BCUT2D eigenvalue weighted by Crippen LogP contribution is 2.36. The Bertz CT molecular complexity index is 1300. The molecule has 0 aromatic heterocycles. The molecule has 9 heteroatoms. The second-order valence-electron chi connectivity index (χ2n) is 8.09. The molecule has 1 heterocycles. The molecule has 1 aliphatic heterocycles. The Morgan fingerprint density at radius 3 is 2.36 bits per heavy atom. The molecule has 0 unspecified atom stereocenters. The molecule has 0 atom stereocenters. The number of halogens is 3. The van der Waals surface area contributed by atoms with Crippen molar-refractivity contribution in [3.8, 4) is 0 Å². The molecule has 0 spiro atoms. The van der Waals surface area contributed by atoms with E-state index in [-0.39, 0.29) is 39.1 Å². The van der Waals surface area contributed by atoms with E-state index in [1.165, 1.54) is 41.7 Å². The molecule has 0 bridgehead atoms. The molecular formula is C24H22Cl2FNO4S. The van der Waals surface area contributed by atoms with E-state index in [0.29, 0.717) is 25.9 Å². The summed E-state index contributed by atoms with van der Waals surface area (Å²) in [5.74, 6) is -0.688. The standard InChI is InChI=1S/C24H22Cl2FNO4S/c1-32-24(29)10-15-8-17-2-3-20(27)14-23(17)22(9-15)16-4-6-28(7-5-16)33(30,31)21-12-18(25)11-19(26)13-21/h2-3,8-9,11-14,16H,4-7,10H2,1H3. The monoisotopic (exact) mass is 509 g/mol. The lowest BCUT2D eigenvalue weighted by molar-refractivity contribution is -0.139. The Labute approximate surface area is 202 Å². The topological polar surface area (TPSA) is 63.7 Å². The summed E-state index contributed by atoms with van der Waals surface area (Å²) in [6, 6.07) is 12.6. The van der Waals surface area contributed by atoms with Crippen molar-refractivity contribution in [2.45, 2.75) is 30.1 Å². The van der Waals surface area contributed by atoms with Crippen molar-refractivity contribution >= 4 is 50.0 Å². The van der Waals surface area contributed by atoms with Gasteiger partial charge in [0.2, 0.25) is 10.0 Å². The van der Waals surface area contributed by atoms with Crippen molar-refractivity contribution < 1.29 is 22.3 Å². The molecular weight excluding hydrogens is 488 g/mol. The maximum atomic E-state index is 14.0. The van der Waals surface area contributed by atoms with Crippen LogP contribution in [0.1, 0.15) is 29.9 Å². The van der Waals surface area contributed by atoms with Crippen LogP contribution in [0.2, 0.25) is 10.0 Å². The van der Waals surface area contributed by atoms with Crippen LogP contribution >= 0.6 is 23.2 Å². The second kappa shape index (κ2) is 9.58. The van der Waals surface area contributed by atoms with Crippen LogP contribution in [0.5, 0.6) is 0 Å². The average molecular weight is 510 g/mol. The first-order chi connectivity index (χ1) is 15.7. The van der Waals surface area contributed by atoms with E-state index in [1.807, 2.05) is 12.1 Å². The van der Waals surface area contributed by atoms with Gasteiger partial charge >= 0.3 is 5.97 Å². The summed E-state index contributed by atoms with van der Waals surface area (Å²) in [5.41, 5.74) is 1.69. The van der Waals surface area contributed by atoms with E-state index in [2.05, 4.69) is 0 Å². The van der Waals surface area contributed by atoms with Crippen LogP contribution in [0.4, 0.5) is 4.39 Å². The summed E-state index contributed by atoms with van der Waals surface area (Å²) < 4.78 is 46.5. The van der Waals surface area contributed by atoms with Gasteiger partial charge in [-0.25, -0.2) is 12.8 Å². The number of nitrogens with zero attached hydrogens (tertiary/aromatic N) is 1. The van der Waals surface area contributed by atoms with Crippen LogP contribution in [0.25, 0.3) is 10.8 Å². The predicted octanol–water partition coefficient (Wildman–Crippen LogP) is 5.57. The summed E-state index contributed by atoms with van der Waals surface area (Å²) in [5, 5.41) is 2.11. The van der Waals surface area contributed by atoms with Crippen LogP contribution in [0, 0.1) is 5.82 Å². The van der Waals surface area contributed by atoms with E-state index in [0.717, 1.165) is 21.9 Å². The Morgan fingerprint density at radius 1 is 1.06 bits per heavy atom. The zero-order valence-corrected chi connectivity index (χ0v) is 20.2. The number of benzene rings is 3. The normalized spacial score (nSPS) is 15.6. The Balaban J connectivity index is 1.62. The molecule has 0 aliphatic carbocycles. The minimum Gasteiger partial charge on any atom is -0.469 e. The highest BCUT2D eigenvalue weighted by molar-refractivity contribution is 7.89. The maximum absolute atomic E-state index is 14.0. The van der Waals surface area contributed by atoms with Gasteiger partial charge in [-0.2, -0.15) is 4.31 Å². The van der Waals surface area contributed by atoms with Crippen LogP contribution < -0.4 is 0 Å². The zero-order valence-electron chi connectivity index (χ0n) is 17.9. The van der Waals surface area contributed by atoms with Crippen LogP contribution in [-0.2, 0) is 26.0 Å². The molecule has 33 heavy (non-hydrogen) atoms. The van der Waals surface area contributed by atoms with Crippen LogP contribution in [0.15, 0.2) is 53.4 Å². The number of hydrogen-bond acceptors (Lipinski definition) is 4. The number of sulfonamides is 1. The first kappa shape index (κ1) is 24.0. The smallest absolute Gasteiger partial charge is 0.309 e. The third kappa shape index (κ3) is 5.17.